The van der Waals surface area contributed by atoms with Gasteiger partial charge in [0, 0.05) is 31.1 Å². The van der Waals surface area contributed by atoms with Gasteiger partial charge in [0.25, 0.3) is 0 Å². The van der Waals surface area contributed by atoms with Gasteiger partial charge < -0.3 is 10.6 Å². The molecule has 0 saturated heterocycles. The molecule has 0 amide bonds. The van der Waals surface area contributed by atoms with E-state index in [1.165, 1.54) is 29.7 Å². The number of hydrogen-bond acceptors (Lipinski definition) is 5. The van der Waals surface area contributed by atoms with Crippen LogP contribution in [0.15, 0.2) is 18.3 Å². The monoisotopic (exact) mass is 337 g/mol. The van der Waals surface area contributed by atoms with Crippen molar-refractivity contribution in [3.8, 4) is 0 Å². The van der Waals surface area contributed by atoms with Gasteiger partial charge in [0.05, 0.1) is 17.4 Å². The molecule has 1 fully saturated rings. The van der Waals surface area contributed by atoms with Gasteiger partial charge in [-0.1, -0.05) is 6.07 Å². The minimum Gasteiger partial charge on any atom is -0.362 e. The highest BCUT2D eigenvalue weighted by Crippen LogP contribution is 2.33. The Morgan fingerprint density at radius 2 is 2.08 bits per heavy atom. The van der Waals surface area contributed by atoms with Crippen LogP contribution in [0.3, 0.4) is 0 Å². The van der Waals surface area contributed by atoms with Crippen molar-refractivity contribution < 1.29 is 0 Å². The van der Waals surface area contributed by atoms with E-state index >= 15 is 0 Å². The van der Waals surface area contributed by atoms with E-state index in [4.69, 9.17) is 9.97 Å². The van der Waals surface area contributed by atoms with Crippen LogP contribution in [0.1, 0.15) is 54.1 Å². The maximum atomic E-state index is 4.93. The Kier molecular flexibility index (Phi) is 4.66. The molecule has 2 aromatic heterocycles. The topological polar surface area (TPSA) is 62.7 Å². The second-order valence-corrected chi connectivity index (χ2v) is 7.38. The molecule has 4 rings (SSSR count). The summed E-state index contributed by atoms with van der Waals surface area (Å²) in [6, 6.07) is 4.23. The van der Waals surface area contributed by atoms with Crippen molar-refractivity contribution in [2.75, 3.05) is 18.4 Å². The SMILES string of the molecule is Cc1cccnc1C(C)Nc1nc(CC2CC2)nc2c1CCNCC2. The second-order valence-electron chi connectivity index (χ2n) is 7.38. The lowest BCUT2D eigenvalue weighted by molar-refractivity contribution is 0.706. The average Bonchev–Trinajstić information content (AvgIpc) is 3.42. The lowest BCUT2D eigenvalue weighted by atomic mass is 10.1. The van der Waals surface area contributed by atoms with Crippen molar-refractivity contribution in [2.24, 2.45) is 5.92 Å². The van der Waals surface area contributed by atoms with Gasteiger partial charge in [-0.15, -0.1) is 0 Å². The molecule has 1 unspecified atom stereocenters. The summed E-state index contributed by atoms with van der Waals surface area (Å²) in [4.78, 5) is 14.4. The molecule has 0 radical (unpaired) electrons. The van der Waals surface area contributed by atoms with E-state index in [-0.39, 0.29) is 6.04 Å². The van der Waals surface area contributed by atoms with Crippen LogP contribution in [0.25, 0.3) is 0 Å². The van der Waals surface area contributed by atoms with E-state index in [1.54, 1.807) is 0 Å². The predicted molar refractivity (Wildman–Crippen MR) is 99.7 cm³/mol. The molecule has 0 aromatic carbocycles. The Bertz CT molecular complexity index is 754. The number of fused-ring (bicyclic) bond motifs is 1. The lowest BCUT2D eigenvalue weighted by Crippen LogP contribution is -2.17. The summed E-state index contributed by atoms with van der Waals surface area (Å²) in [7, 11) is 0. The molecule has 0 spiro atoms. The van der Waals surface area contributed by atoms with Crippen LogP contribution in [0.2, 0.25) is 0 Å². The molecule has 5 nitrogen and oxygen atoms in total. The number of pyridine rings is 1. The maximum Gasteiger partial charge on any atom is 0.133 e. The van der Waals surface area contributed by atoms with Gasteiger partial charge in [0.1, 0.15) is 11.6 Å². The van der Waals surface area contributed by atoms with E-state index in [2.05, 4.69) is 35.5 Å². The number of aromatic nitrogens is 3. The molecule has 2 aromatic rings. The Morgan fingerprint density at radius 3 is 2.88 bits per heavy atom. The molecule has 2 aliphatic rings. The summed E-state index contributed by atoms with van der Waals surface area (Å²) >= 11 is 0. The molecule has 1 aliphatic heterocycles. The molecular weight excluding hydrogens is 310 g/mol. The molecular formula is C20H27N5. The first-order valence-electron chi connectivity index (χ1n) is 9.48. The molecule has 1 saturated carbocycles. The fourth-order valence-electron chi connectivity index (χ4n) is 3.61. The number of hydrogen-bond donors (Lipinski definition) is 2. The van der Waals surface area contributed by atoms with E-state index < -0.39 is 0 Å². The van der Waals surface area contributed by atoms with Crippen LogP contribution >= 0.6 is 0 Å². The molecule has 3 heterocycles. The molecule has 1 atom stereocenters. The summed E-state index contributed by atoms with van der Waals surface area (Å²) < 4.78 is 0. The third-order valence-corrected chi connectivity index (χ3v) is 5.21. The molecule has 5 heteroatoms. The minimum atomic E-state index is 0.130. The summed E-state index contributed by atoms with van der Waals surface area (Å²) in [5.41, 5.74) is 4.81. The third kappa shape index (κ3) is 3.82. The van der Waals surface area contributed by atoms with Gasteiger partial charge in [-0.25, -0.2) is 9.97 Å². The van der Waals surface area contributed by atoms with Crippen molar-refractivity contribution >= 4 is 5.82 Å². The second kappa shape index (κ2) is 7.08. The summed E-state index contributed by atoms with van der Waals surface area (Å²) in [6.07, 6.45) is 7.51. The van der Waals surface area contributed by atoms with Crippen molar-refractivity contribution in [2.45, 2.75) is 52.0 Å². The number of anilines is 1. The highest BCUT2D eigenvalue weighted by Gasteiger charge is 2.25. The predicted octanol–water partition coefficient (Wildman–Crippen LogP) is 2.99. The Hall–Kier alpha value is -2.01. The first-order chi connectivity index (χ1) is 12.2. The first kappa shape index (κ1) is 16.5. The van der Waals surface area contributed by atoms with Crippen molar-refractivity contribution in [1.29, 1.82) is 0 Å². The average molecular weight is 337 g/mol. The lowest BCUT2D eigenvalue weighted by Gasteiger charge is -2.20. The highest BCUT2D eigenvalue weighted by atomic mass is 15.1. The highest BCUT2D eigenvalue weighted by molar-refractivity contribution is 5.49. The van der Waals surface area contributed by atoms with Gasteiger partial charge in [0.2, 0.25) is 0 Å². The summed E-state index contributed by atoms with van der Waals surface area (Å²) in [5, 5.41) is 7.13. The van der Waals surface area contributed by atoms with Gasteiger partial charge in [0.15, 0.2) is 0 Å². The van der Waals surface area contributed by atoms with E-state index in [9.17, 15) is 0 Å². The number of nitrogens with zero attached hydrogens (tertiary/aromatic N) is 3. The minimum absolute atomic E-state index is 0.130. The Labute approximate surface area is 149 Å². The van der Waals surface area contributed by atoms with Crippen LogP contribution < -0.4 is 10.6 Å². The van der Waals surface area contributed by atoms with Crippen LogP contribution in [-0.4, -0.2) is 28.0 Å². The van der Waals surface area contributed by atoms with Gasteiger partial charge >= 0.3 is 0 Å². The van der Waals surface area contributed by atoms with Crippen LogP contribution in [0.5, 0.6) is 0 Å². The normalized spacial score (nSPS) is 18.3. The van der Waals surface area contributed by atoms with Gasteiger partial charge in [-0.05, 0) is 57.2 Å². The Morgan fingerprint density at radius 1 is 1.24 bits per heavy atom. The molecule has 2 N–H and O–H groups in total. The third-order valence-electron chi connectivity index (χ3n) is 5.21. The number of aryl methyl sites for hydroxylation is 1. The van der Waals surface area contributed by atoms with E-state index in [0.717, 1.165) is 55.6 Å². The van der Waals surface area contributed by atoms with Gasteiger partial charge in [-0.2, -0.15) is 0 Å². The van der Waals surface area contributed by atoms with E-state index in [1.807, 2.05) is 12.3 Å². The summed E-state index contributed by atoms with van der Waals surface area (Å²) in [6.45, 7) is 6.27. The van der Waals surface area contributed by atoms with Crippen LogP contribution in [-0.2, 0) is 19.3 Å². The molecule has 0 bridgehead atoms. The standard InChI is InChI=1S/C20H27N5/c1-13-4-3-9-22-19(13)14(2)23-20-16-7-10-21-11-8-17(16)24-18(25-20)12-15-5-6-15/h3-4,9,14-15,21H,5-8,10-12H2,1-2H3,(H,23,24,25). The number of nitrogens with one attached hydrogen (secondary N) is 2. The number of rotatable bonds is 5. The zero-order valence-corrected chi connectivity index (χ0v) is 15.2. The zero-order valence-electron chi connectivity index (χ0n) is 15.2. The van der Waals surface area contributed by atoms with Crippen molar-refractivity contribution in [1.82, 2.24) is 20.3 Å². The fraction of sp³-hybridized carbons (Fsp3) is 0.550. The first-order valence-corrected chi connectivity index (χ1v) is 9.48. The van der Waals surface area contributed by atoms with Crippen LogP contribution in [0, 0.1) is 12.8 Å². The van der Waals surface area contributed by atoms with Crippen molar-refractivity contribution in [3.63, 3.8) is 0 Å². The molecule has 25 heavy (non-hydrogen) atoms. The fourth-order valence-corrected chi connectivity index (χ4v) is 3.61. The molecule has 1 aliphatic carbocycles. The quantitative estimate of drug-likeness (QED) is 0.878. The smallest absolute Gasteiger partial charge is 0.133 e. The summed E-state index contributed by atoms with van der Waals surface area (Å²) in [5.74, 6) is 2.82. The van der Waals surface area contributed by atoms with Gasteiger partial charge in [-0.3, -0.25) is 4.98 Å². The van der Waals surface area contributed by atoms with Crippen molar-refractivity contribution in [3.05, 3.63) is 46.7 Å². The molecule has 132 valence electrons. The largest absolute Gasteiger partial charge is 0.362 e. The maximum absolute atomic E-state index is 4.93. The van der Waals surface area contributed by atoms with E-state index in [0.29, 0.717) is 0 Å². The zero-order chi connectivity index (χ0) is 17.2. The van der Waals surface area contributed by atoms with Crippen LogP contribution in [0.4, 0.5) is 5.82 Å². The Balaban J connectivity index is 1.65.